The van der Waals surface area contributed by atoms with Gasteiger partial charge in [0, 0.05) is 68.6 Å². The second-order valence-corrected chi connectivity index (χ2v) is 26.6. The van der Waals surface area contributed by atoms with Crippen molar-refractivity contribution in [3.63, 3.8) is 0 Å². The molecule has 502 valence electrons. The second kappa shape index (κ2) is 36.1. The van der Waals surface area contributed by atoms with E-state index >= 15 is 19.2 Å². The number of likely N-dealkylation sites (N-methyl/N-ethyl adjacent to an activating group) is 7. The van der Waals surface area contributed by atoms with Crippen LogP contribution in [-0.2, 0) is 67.1 Å². The maximum atomic E-state index is 15.3. The molecule has 12 atom stereocenters. The van der Waals surface area contributed by atoms with E-state index in [1.807, 2.05) is 55.4 Å². The first kappa shape index (κ1) is 79.3. The van der Waals surface area contributed by atoms with Gasteiger partial charge in [0.2, 0.25) is 65.0 Å². The molecule has 1 fully saturated rings. The molecule has 1 saturated heterocycles. The van der Waals surface area contributed by atoms with Crippen LogP contribution in [-0.4, -0.2) is 234 Å². The quantitative estimate of drug-likeness (QED) is 0.120. The Labute approximate surface area is 524 Å². The van der Waals surface area contributed by atoms with E-state index in [1.54, 1.807) is 41.5 Å². The Morgan fingerprint density at radius 2 is 0.955 bits per heavy atom. The fourth-order valence-electron chi connectivity index (χ4n) is 10.9. The van der Waals surface area contributed by atoms with Gasteiger partial charge in [0.05, 0.1) is 6.54 Å². The zero-order chi connectivity index (χ0) is 68.3. The third-order valence-electron chi connectivity index (χ3n) is 16.4. The van der Waals surface area contributed by atoms with Gasteiger partial charge in [-0.25, -0.2) is 0 Å². The molecule has 0 radical (unpaired) electrons. The molecule has 25 nitrogen and oxygen atoms in total. The van der Waals surface area contributed by atoms with E-state index in [2.05, 4.69) is 21.3 Å². The molecule has 0 aromatic heterocycles. The van der Waals surface area contributed by atoms with Crippen LogP contribution < -0.4 is 21.3 Å². The number of ether oxygens (including phenoxy) is 1. The number of carbonyl (C=O) groups excluding carboxylic acids is 13. The molecule has 25 heteroatoms. The van der Waals surface area contributed by atoms with Crippen molar-refractivity contribution in [2.45, 2.75) is 229 Å². The smallest absolute Gasteiger partial charge is 0.303 e. The molecule has 0 aliphatic carbocycles. The Kier molecular flexibility index (Phi) is 32.5. The Balaban J connectivity index is 4.43. The Hall–Kier alpha value is -6.69. The van der Waals surface area contributed by atoms with E-state index < -0.39 is 162 Å². The van der Waals surface area contributed by atoms with Crippen molar-refractivity contribution in [2.75, 3.05) is 55.9 Å². The van der Waals surface area contributed by atoms with Gasteiger partial charge in [0.15, 0.2) is 0 Å². The summed E-state index contributed by atoms with van der Waals surface area (Å²) in [6.07, 6.45) is -0.232. The molecule has 88 heavy (non-hydrogen) atoms. The van der Waals surface area contributed by atoms with E-state index in [1.165, 1.54) is 87.7 Å². The summed E-state index contributed by atoms with van der Waals surface area (Å²) in [5.41, 5.74) is 0. The lowest BCUT2D eigenvalue weighted by molar-refractivity contribution is -0.164. The molecule has 1 aliphatic heterocycles. The fraction of sp³-hybridized carbons (Fsp3) is 0.794. The summed E-state index contributed by atoms with van der Waals surface area (Å²) in [6.45, 7) is 28.3. The number of aldehydes is 1. The average Bonchev–Trinajstić information content (AvgIpc) is 2.71. The van der Waals surface area contributed by atoms with Crippen molar-refractivity contribution < 1.29 is 67.1 Å². The van der Waals surface area contributed by atoms with Gasteiger partial charge in [-0.05, 0) is 87.9 Å². The molecule has 11 amide bonds. The number of rotatable bonds is 17. The summed E-state index contributed by atoms with van der Waals surface area (Å²) in [4.78, 5) is 194. The van der Waals surface area contributed by atoms with Crippen molar-refractivity contribution in [2.24, 2.45) is 41.4 Å². The predicted molar refractivity (Wildman–Crippen MR) is 334 cm³/mol. The van der Waals surface area contributed by atoms with Crippen molar-refractivity contribution in [1.82, 2.24) is 55.6 Å². The lowest BCUT2D eigenvalue weighted by Gasteiger charge is -2.42. The fourth-order valence-corrected chi connectivity index (χ4v) is 10.9. The summed E-state index contributed by atoms with van der Waals surface area (Å²) in [5.74, 6) is -11.3. The second-order valence-electron chi connectivity index (χ2n) is 26.6. The number of nitrogens with one attached hydrogen (secondary N) is 4. The minimum atomic E-state index is -1.73. The van der Waals surface area contributed by atoms with Crippen LogP contribution in [0.25, 0.3) is 0 Å². The van der Waals surface area contributed by atoms with Crippen LogP contribution in [0.1, 0.15) is 163 Å². The SMILES string of the molecule is CC[C@@H]1NC(=O)C([C@H](OC(C)=O)[C@H](C)CC=O)N(C)C(=O)[C@H](C(C)C)N(C)C(=O)[C@H](CCC(C)C)N(C)C(=O)[C@H](CC(C)C)N(C)C(=O)[C@@H](C)NC(=O)[C@H](C)NC(=O)[C@H](CC(C)C)N(C)C(=O)[C@H](C(C)C)NC(=O)[C@H](CC(C)C)N(C)C(=O)CN(C)C1=O. The largest absolute Gasteiger partial charge is 0.459 e. The predicted octanol–water partition coefficient (Wildman–Crippen LogP) is 2.85. The summed E-state index contributed by atoms with van der Waals surface area (Å²) in [5, 5.41) is 10.9. The standard InChI is InChI=1S/C63H111N11O14/c1-25-44-59(83)68(18)33-49(77)69(19)46(30-35(4)5)56(80)67-50(38(10)11)62(86)71(21)47(31-36(6)7)55(79)64-41(15)54(78)65-42(16)58(82)72(22)48(32-37(8)9)61(85)70(20)45(27-26-34(2)3)60(84)73(23)51(39(12)13)63(87)74(24)52(57(81)66-44)53(88-43(17)76)40(14)28-29-75/h29,34-42,44-48,50-53H,25-28,30-33H2,1-24H3,(H,64,79)(H,65,78)(H,66,81)(H,67,80)/t40-,41+,42-,44+,45+,46+,47+,48+,50+,51+,52?,53-/m1/s1. The number of hydrogen-bond acceptors (Lipinski definition) is 14. The highest BCUT2D eigenvalue weighted by molar-refractivity contribution is 5.99. The van der Waals surface area contributed by atoms with Gasteiger partial charge in [-0.3, -0.25) is 57.5 Å². The van der Waals surface area contributed by atoms with Crippen molar-refractivity contribution in [1.29, 1.82) is 0 Å². The molecule has 0 spiro atoms. The first-order valence-electron chi connectivity index (χ1n) is 31.3. The number of carbonyl (C=O) groups is 13. The summed E-state index contributed by atoms with van der Waals surface area (Å²) in [6, 6.07) is -12.8. The Morgan fingerprint density at radius 1 is 0.500 bits per heavy atom. The summed E-state index contributed by atoms with van der Waals surface area (Å²) < 4.78 is 5.77. The molecule has 0 aromatic rings. The van der Waals surface area contributed by atoms with Crippen LogP contribution in [0.4, 0.5) is 0 Å². The van der Waals surface area contributed by atoms with Crippen LogP contribution >= 0.6 is 0 Å². The molecular formula is C63H111N11O14. The van der Waals surface area contributed by atoms with Crippen molar-refractivity contribution >= 4 is 77.2 Å². The molecule has 1 heterocycles. The molecule has 4 N–H and O–H groups in total. The summed E-state index contributed by atoms with van der Waals surface area (Å²) in [7, 11) is 9.69. The van der Waals surface area contributed by atoms with Gasteiger partial charge in [0.1, 0.15) is 72.8 Å². The van der Waals surface area contributed by atoms with E-state index in [0.29, 0.717) is 12.7 Å². The van der Waals surface area contributed by atoms with Crippen LogP contribution in [0.2, 0.25) is 0 Å². The molecular weight excluding hydrogens is 1130 g/mol. The van der Waals surface area contributed by atoms with Gasteiger partial charge in [0.25, 0.3) is 0 Å². The van der Waals surface area contributed by atoms with Gasteiger partial charge in [-0.15, -0.1) is 0 Å². The van der Waals surface area contributed by atoms with E-state index in [-0.39, 0.29) is 62.2 Å². The topological polar surface area (TPSA) is 302 Å². The number of nitrogens with zero attached hydrogens (tertiary/aromatic N) is 7. The molecule has 0 aromatic carbocycles. The summed E-state index contributed by atoms with van der Waals surface area (Å²) >= 11 is 0. The molecule has 0 saturated carbocycles. The maximum Gasteiger partial charge on any atom is 0.303 e. The molecule has 0 bridgehead atoms. The first-order valence-corrected chi connectivity index (χ1v) is 31.3. The highest BCUT2D eigenvalue weighted by Gasteiger charge is 2.47. The third kappa shape index (κ3) is 22.4. The highest BCUT2D eigenvalue weighted by atomic mass is 16.5. The van der Waals surface area contributed by atoms with Gasteiger partial charge in [-0.1, -0.05) is 96.9 Å². The average molecular weight is 1250 g/mol. The van der Waals surface area contributed by atoms with Crippen LogP contribution in [0.15, 0.2) is 0 Å². The molecule has 1 rings (SSSR count). The van der Waals surface area contributed by atoms with Gasteiger partial charge in [-0.2, -0.15) is 0 Å². The van der Waals surface area contributed by atoms with Gasteiger partial charge >= 0.3 is 5.97 Å². The first-order chi connectivity index (χ1) is 40.6. The van der Waals surface area contributed by atoms with Crippen LogP contribution in [0.3, 0.4) is 0 Å². The van der Waals surface area contributed by atoms with E-state index in [4.69, 9.17) is 4.74 Å². The third-order valence-corrected chi connectivity index (χ3v) is 16.4. The Bertz CT molecular complexity index is 2430. The molecule has 1 aliphatic rings. The van der Waals surface area contributed by atoms with Crippen LogP contribution in [0.5, 0.6) is 0 Å². The number of esters is 1. The van der Waals surface area contributed by atoms with E-state index in [9.17, 15) is 43.2 Å². The zero-order valence-corrected chi connectivity index (χ0v) is 57.5. The maximum absolute atomic E-state index is 15.3. The molecule has 1 unspecified atom stereocenters. The number of amides is 11. The van der Waals surface area contributed by atoms with Gasteiger partial charge < -0.3 is 65.1 Å². The normalized spacial score (nSPS) is 26.2. The van der Waals surface area contributed by atoms with Crippen molar-refractivity contribution in [3.8, 4) is 0 Å². The minimum Gasteiger partial charge on any atom is -0.459 e. The lowest BCUT2D eigenvalue weighted by Crippen LogP contribution is -2.64. The van der Waals surface area contributed by atoms with E-state index in [0.717, 1.165) is 16.7 Å². The van der Waals surface area contributed by atoms with Crippen LogP contribution in [0, 0.1) is 41.4 Å². The monoisotopic (exact) mass is 1250 g/mol. The van der Waals surface area contributed by atoms with Crippen molar-refractivity contribution in [3.05, 3.63) is 0 Å². The Morgan fingerprint density at radius 3 is 1.42 bits per heavy atom. The zero-order valence-electron chi connectivity index (χ0n) is 57.5. The minimum absolute atomic E-state index is 0.0403. The lowest BCUT2D eigenvalue weighted by atomic mass is 9.91. The highest BCUT2D eigenvalue weighted by Crippen LogP contribution is 2.26. The number of hydrogen-bond donors (Lipinski definition) is 4.